The molecule has 0 amide bonds. The molecule has 0 radical (unpaired) electrons. The molecule has 1 aromatic rings. The van der Waals surface area contributed by atoms with E-state index in [1.165, 1.54) is 0 Å². The second-order valence-electron chi connectivity index (χ2n) is 3.92. The predicted molar refractivity (Wildman–Crippen MR) is 62.4 cm³/mol. The molecule has 0 atom stereocenters. The molecule has 0 fully saturated rings. The highest BCUT2D eigenvalue weighted by Gasteiger charge is 2.32. The van der Waals surface area contributed by atoms with Crippen LogP contribution in [0.3, 0.4) is 0 Å². The van der Waals surface area contributed by atoms with Crippen molar-refractivity contribution in [3.63, 3.8) is 0 Å². The third kappa shape index (κ3) is 3.71. The molecule has 1 N–H and O–H groups in total. The van der Waals surface area contributed by atoms with Gasteiger partial charge in [-0.3, -0.25) is 4.79 Å². The molecule has 0 aliphatic carbocycles. The maximum atomic E-state index is 12.7. The Labute approximate surface area is 113 Å². The van der Waals surface area contributed by atoms with Crippen LogP contribution in [-0.4, -0.2) is 17.7 Å². The van der Waals surface area contributed by atoms with E-state index in [0.29, 0.717) is 6.07 Å². The first-order valence-electron chi connectivity index (χ1n) is 5.73. The fraction of sp³-hybridized carbons (Fsp3) is 0.385. The number of esters is 1. The first-order chi connectivity index (χ1) is 9.33. The van der Waals surface area contributed by atoms with E-state index in [9.17, 15) is 18.0 Å². The first-order valence-corrected chi connectivity index (χ1v) is 5.73. The summed E-state index contributed by atoms with van der Waals surface area (Å²) in [5.74, 6) is -0.729. The van der Waals surface area contributed by atoms with Crippen LogP contribution in [0.1, 0.15) is 29.2 Å². The number of nitrogens with zero attached hydrogens (tertiary/aromatic N) is 1. The Hall–Kier alpha value is -2.07. The number of nitriles is 1. The summed E-state index contributed by atoms with van der Waals surface area (Å²) in [6.45, 7) is 0.934. The van der Waals surface area contributed by atoms with Gasteiger partial charge < -0.3 is 9.84 Å². The van der Waals surface area contributed by atoms with E-state index in [4.69, 9.17) is 10.4 Å². The number of alkyl halides is 3. The third-order valence-corrected chi connectivity index (χ3v) is 2.55. The summed E-state index contributed by atoms with van der Waals surface area (Å²) in [5, 5.41) is 18.0. The Morgan fingerprint density at radius 2 is 2.00 bits per heavy atom. The Morgan fingerprint density at radius 3 is 2.45 bits per heavy atom. The van der Waals surface area contributed by atoms with Crippen LogP contribution < -0.4 is 0 Å². The lowest BCUT2D eigenvalue weighted by Gasteiger charge is -2.13. The van der Waals surface area contributed by atoms with Crippen molar-refractivity contribution in [1.29, 1.82) is 5.26 Å². The largest absolute Gasteiger partial charge is 0.466 e. The monoisotopic (exact) mass is 287 g/mol. The molecule has 1 rings (SSSR count). The SMILES string of the molecule is CCOC(=O)Cc1cc(C(F)(F)F)cc(CO)c1C#N. The minimum Gasteiger partial charge on any atom is -0.466 e. The van der Waals surface area contributed by atoms with E-state index < -0.39 is 30.7 Å². The molecule has 0 heterocycles. The van der Waals surface area contributed by atoms with Gasteiger partial charge in [0.05, 0.1) is 36.8 Å². The van der Waals surface area contributed by atoms with Crippen molar-refractivity contribution in [2.24, 2.45) is 0 Å². The topological polar surface area (TPSA) is 70.3 Å². The zero-order valence-corrected chi connectivity index (χ0v) is 10.6. The van der Waals surface area contributed by atoms with E-state index >= 15 is 0 Å². The van der Waals surface area contributed by atoms with Crippen molar-refractivity contribution < 1.29 is 27.8 Å². The summed E-state index contributed by atoms with van der Waals surface area (Å²) in [7, 11) is 0. The van der Waals surface area contributed by atoms with Crippen molar-refractivity contribution in [1.82, 2.24) is 0 Å². The summed E-state index contributed by atoms with van der Waals surface area (Å²) >= 11 is 0. The minimum absolute atomic E-state index is 0.0898. The van der Waals surface area contributed by atoms with Crippen molar-refractivity contribution in [3.05, 3.63) is 34.4 Å². The quantitative estimate of drug-likeness (QED) is 0.862. The number of hydrogen-bond donors (Lipinski definition) is 1. The number of carbonyl (C=O) groups is 1. The molecule has 0 unspecified atom stereocenters. The minimum atomic E-state index is -4.62. The van der Waals surface area contributed by atoms with Gasteiger partial charge in [-0.1, -0.05) is 0 Å². The molecule has 0 aliphatic heterocycles. The molecule has 0 saturated heterocycles. The number of benzene rings is 1. The maximum Gasteiger partial charge on any atom is 0.416 e. The molecule has 0 aliphatic rings. The predicted octanol–water partition coefficient (Wildman–Crippen LogP) is 2.17. The molecular weight excluding hydrogens is 275 g/mol. The Balaban J connectivity index is 3.32. The average Bonchev–Trinajstić information content (AvgIpc) is 2.36. The summed E-state index contributed by atoms with van der Waals surface area (Å²) < 4.78 is 42.8. The number of ether oxygens (including phenoxy) is 1. The normalized spacial score (nSPS) is 11.0. The van der Waals surface area contributed by atoms with Gasteiger partial charge in [0.2, 0.25) is 0 Å². The first kappa shape index (κ1) is 16.0. The second kappa shape index (κ2) is 6.39. The van der Waals surface area contributed by atoms with Crippen molar-refractivity contribution in [3.8, 4) is 6.07 Å². The van der Waals surface area contributed by atoms with E-state index in [1.807, 2.05) is 0 Å². The molecule has 4 nitrogen and oxygen atoms in total. The highest BCUT2D eigenvalue weighted by atomic mass is 19.4. The van der Waals surface area contributed by atoms with E-state index in [-0.39, 0.29) is 23.3 Å². The van der Waals surface area contributed by atoms with Crippen LogP contribution in [0, 0.1) is 11.3 Å². The van der Waals surface area contributed by atoms with Gasteiger partial charge in [-0.15, -0.1) is 0 Å². The zero-order chi connectivity index (χ0) is 15.3. The van der Waals surface area contributed by atoms with Crippen LogP contribution in [0.4, 0.5) is 13.2 Å². The number of aliphatic hydroxyl groups excluding tert-OH is 1. The van der Waals surface area contributed by atoms with Crippen LogP contribution in [0.2, 0.25) is 0 Å². The van der Waals surface area contributed by atoms with Gasteiger partial charge in [-0.25, -0.2) is 0 Å². The number of aliphatic hydroxyl groups is 1. The Bertz CT molecular complexity index is 547. The van der Waals surface area contributed by atoms with Gasteiger partial charge >= 0.3 is 12.1 Å². The Morgan fingerprint density at radius 1 is 1.40 bits per heavy atom. The molecule has 0 bridgehead atoms. The smallest absolute Gasteiger partial charge is 0.416 e. The van der Waals surface area contributed by atoms with Gasteiger partial charge in [0.15, 0.2) is 0 Å². The third-order valence-electron chi connectivity index (χ3n) is 2.55. The van der Waals surface area contributed by atoms with Gasteiger partial charge in [0.1, 0.15) is 0 Å². The van der Waals surface area contributed by atoms with Crippen molar-refractivity contribution in [2.45, 2.75) is 26.1 Å². The number of hydrogen-bond acceptors (Lipinski definition) is 4. The summed E-state index contributed by atoms with van der Waals surface area (Å²) in [4.78, 5) is 11.4. The summed E-state index contributed by atoms with van der Waals surface area (Å²) in [6, 6.07) is 3.14. The van der Waals surface area contributed by atoms with Crippen LogP contribution >= 0.6 is 0 Å². The molecule has 0 saturated carbocycles. The summed E-state index contributed by atoms with van der Waals surface area (Å²) in [5.41, 5.74) is -1.42. The highest BCUT2D eigenvalue weighted by Crippen LogP contribution is 2.32. The molecule has 0 spiro atoms. The van der Waals surface area contributed by atoms with Gasteiger partial charge in [-0.2, -0.15) is 18.4 Å². The number of halogens is 3. The molecular formula is C13H12F3NO3. The van der Waals surface area contributed by atoms with Crippen molar-refractivity contribution >= 4 is 5.97 Å². The molecule has 7 heteroatoms. The standard InChI is InChI=1S/C13H12F3NO3/c1-2-20-12(19)5-8-3-10(13(14,15)16)4-9(7-18)11(8)6-17/h3-4,18H,2,5,7H2,1H3. The fourth-order valence-corrected chi connectivity index (χ4v) is 1.71. The van der Waals surface area contributed by atoms with Crippen LogP contribution in [-0.2, 0) is 28.7 Å². The fourth-order valence-electron chi connectivity index (χ4n) is 1.71. The van der Waals surface area contributed by atoms with Crippen LogP contribution in [0.5, 0.6) is 0 Å². The van der Waals surface area contributed by atoms with Crippen molar-refractivity contribution in [2.75, 3.05) is 6.61 Å². The highest BCUT2D eigenvalue weighted by molar-refractivity contribution is 5.74. The molecule has 108 valence electrons. The van der Waals surface area contributed by atoms with Crippen LogP contribution in [0.25, 0.3) is 0 Å². The lowest BCUT2D eigenvalue weighted by Crippen LogP contribution is -2.13. The average molecular weight is 287 g/mol. The second-order valence-corrected chi connectivity index (χ2v) is 3.92. The van der Waals surface area contributed by atoms with E-state index in [2.05, 4.69) is 4.74 Å². The van der Waals surface area contributed by atoms with E-state index in [1.54, 1.807) is 13.0 Å². The van der Waals surface area contributed by atoms with Crippen LogP contribution in [0.15, 0.2) is 12.1 Å². The lowest BCUT2D eigenvalue weighted by molar-refractivity contribution is -0.142. The lowest BCUT2D eigenvalue weighted by atomic mass is 9.96. The molecule has 1 aromatic carbocycles. The molecule has 0 aromatic heterocycles. The number of carbonyl (C=O) groups excluding carboxylic acids is 1. The van der Waals surface area contributed by atoms with Gasteiger partial charge in [0.25, 0.3) is 0 Å². The molecule has 20 heavy (non-hydrogen) atoms. The number of rotatable bonds is 4. The zero-order valence-electron chi connectivity index (χ0n) is 10.6. The summed E-state index contributed by atoms with van der Waals surface area (Å²) in [6.07, 6.45) is -5.07. The van der Waals surface area contributed by atoms with Gasteiger partial charge in [0, 0.05) is 0 Å². The van der Waals surface area contributed by atoms with Gasteiger partial charge in [-0.05, 0) is 30.2 Å². The Kier molecular flexibility index (Phi) is 5.11. The maximum absolute atomic E-state index is 12.7. The van der Waals surface area contributed by atoms with E-state index in [0.717, 1.165) is 6.07 Å².